The zero-order chi connectivity index (χ0) is 28.0. The van der Waals surface area contributed by atoms with Crippen LogP contribution in [0.1, 0.15) is 0 Å². The third-order valence-corrected chi connectivity index (χ3v) is 6.59. The van der Waals surface area contributed by atoms with E-state index in [1.165, 1.54) is 12.1 Å². The SMILES string of the molecule is O=c1ccc2c(-c3ccccc3)cc(OCCOCCOc3cc(-c4ccccc4)c4ccc(=O)oc4c3)cc2o1. The first-order valence-electron chi connectivity index (χ1n) is 13.2. The van der Waals surface area contributed by atoms with E-state index in [9.17, 15) is 9.59 Å². The molecule has 0 saturated carbocycles. The lowest BCUT2D eigenvalue weighted by Gasteiger charge is -2.13. The van der Waals surface area contributed by atoms with Crippen molar-refractivity contribution in [3.05, 3.63) is 130 Å². The molecule has 6 rings (SSSR count). The first-order chi connectivity index (χ1) is 20.1. The monoisotopic (exact) mass is 546 g/mol. The molecule has 204 valence electrons. The normalized spacial score (nSPS) is 11.1. The number of fused-ring (bicyclic) bond motifs is 2. The zero-order valence-corrected chi connectivity index (χ0v) is 22.1. The van der Waals surface area contributed by atoms with E-state index in [0.29, 0.717) is 49.1 Å². The van der Waals surface area contributed by atoms with E-state index in [-0.39, 0.29) is 0 Å². The van der Waals surface area contributed by atoms with Gasteiger partial charge in [-0.2, -0.15) is 0 Å². The van der Waals surface area contributed by atoms with E-state index in [0.717, 1.165) is 33.0 Å². The van der Waals surface area contributed by atoms with E-state index < -0.39 is 11.3 Å². The smallest absolute Gasteiger partial charge is 0.336 e. The average molecular weight is 547 g/mol. The van der Waals surface area contributed by atoms with E-state index in [1.54, 1.807) is 24.3 Å². The summed E-state index contributed by atoms with van der Waals surface area (Å²) in [4.78, 5) is 23.6. The van der Waals surface area contributed by atoms with Crippen molar-refractivity contribution in [1.29, 1.82) is 0 Å². The second kappa shape index (κ2) is 11.9. The van der Waals surface area contributed by atoms with Crippen LogP contribution in [0.25, 0.3) is 44.2 Å². The summed E-state index contributed by atoms with van der Waals surface area (Å²) >= 11 is 0. The van der Waals surface area contributed by atoms with Crippen molar-refractivity contribution in [3.8, 4) is 33.8 Å². The number of ether oxygens (including phenoxy) is 3. The number of rotatable bonds is 10. The molecule has 0 aliphatic carbocycles. The highest BCUT2D eigenvalue weighted by molar-refractivity contribution is 5.95. The molecule has 0 amide bonds. The Bertz CT molecular complexity index is 1770. The van der Waals surface area contributed by atoms with Crippen molar-refractivity contribution >= 4 is 21.9 Å². The van der Waals surface area contributed by atoms with Crippen LogP contribution in [-0.2, 0) is 4.74 Å². The summed E-state index contributed by atoms with van der Waals surface area (Å²) in [6.07, 6.45) is 0. The van der Waals surface area contributed by atoms with Crippen LogP contribution >= 0.6 is 0 Å². The maximum absolute atomic E-state index is 11.8. The van der Waals surface area contributed by atoms with Crippen molar-refractivity contribution in [2.45, 2.75) is 0 Å². The van der Waals surface area contributed by atoms with Gasteiger partial charge in [0.2, 0.25) is 0 Å². The van der Waals surface area contributed by atoms with Crippen LogP contribution in [0, 0.1) is 0 Å². The number of hydrogen-bond donors (Lipinski definition) is 0. The molecule has 0 N–H and O–H groups in total. The van der Waals surface area contributed by atoms with Gasteiger partial charge in [0, 0.05) is 35.0 Å². The van der Waals surface area contributed by atoms with Crippen molar-refractivity contribution in [1.82, 2.24) is 0 Å². The third-order valence-electron chi connectivity index (χ3n) is 6.59. The molecule has 2 heterocycles. The molecule has 41 heavy (non-hydrogen) atoms. The fourth-order valence-corrected chi connectivity index (χ4v) is 4.72. The second-order valence-corrected chi connectivity index (χ2v) is 9.32. The number of benzene rings is 4. The summed E-state index contributed by atoms with van der Waals surface area (Å²) < 4.78 is 28.5. The first kappa shape index (κ1) is 26.1. The van der Waals surface area contributed by atoms with Gasteiger partial charge in [0.05, 0.1) is 13.2 Å². The molecule has 0 spiro atoms. The molecule has 4 aromatic carbocycles. The molecule has 0 atom stereocenters. The molecule has 0 aliphatic heterocycles. The van der Waals surface area contributed by atoms with Crippen LogP contribution in [0.4, 0.5) is 0 Å². The molecule has 0 radical (unpaired) electrons. The van der Waals surface area contributed by atoms with Crippen LogP contribution in [0.3, 0.4) is 0 Å². The van der Waals surface area contributed by atoms with Crippen molar-refractivity contribution in [2.75, 3.05) is 26.4 Å². The largest absolute Gasteiger partial charge is 0.491 e. The molecule has 0 fully saturated rings. The summed E-state index contributed by atoms with van der Waals surface area (Å²) in [6.45, 7) is 1.28. The molecular weight excluding hydrogens is 520 g/mol. The Kier molecular flexibility index (Phi) is 7.60. The lowest BCUT2D eigenvalue weighted by Crippen LogP contribution is -2.12. The highest BCUT2D eigenvalue weighted by atomic mass is 16.5. The van der Waals surface area contributed by atoms with Gasteiger partial charge in [0.25, 0.3) is 0 Å². The molecular formula is C34H26O7. The summed E-state index contributed by atoms with van der Waals surface area (Å²) in [7, 11) is 0. The molecule has 0 aliphatic rings. The first-order valence-corrected chi connectivity index (χ1v) is 13.2. The Balaban J connectivity index is 1.07. The average Bonchev–Trinajstić information content (AvgIpc) is 3.00. The highest BCUT2D eigenvalue weighted by Gasteiger charge is 2.11. The van der Waals surface area contributed by atoms with Gasteiger partial charge in [-0.05, 0) is 46.5 Å². The van der Waals surface area contributed by atoms with E-state index in [4.69, 9.17) is 23.0 Å². The third kappa shape index (κ3) is 6.05. The van der Waals surface area contributed by atoms with Gasteiger partial charge in [-0.3, -0.25) is 0 Å². The maximum atomic E-state index is 11.8. The fourth-order valence-electron chi connectivity index (χ4n) is 4.72. The van der Waals surface area contributed by atoms with Crippen LogP contribution in [0.15, 0.2) is 128 Å². The van der Waals surface area contributed by atoms with E-state index in [1.807, 2.05) is 72.8 Å². The fraction of sp³-hybridized carbons (Fsp3) is 0.118. The van der Waals surface area contributed by atoms with Crippen LogP contribution < -0.4 is 20.7 Å². The summed E-state index contributed by atoms with van der Waals surface area (Å²) in [5.74, 6) is 1.16. The molecule has 7 heteroatoms. The molecule has 0 bridgehead atoms. The standard InChI is InChI=1S/C34H26O7/c35-33-13-11-27-29(23-7-3-1-4-8-23)19-25(21-31(27)40-33)38-17-15-37-16-18-39-26-20-30(24-9-5-2-6-10-24)28-12-14-34(36)41-32(28)22-26/h1-14,19-22H,15-18H2. The van der Waals surface area contributed by atoms with Crippen molar-refractivity contribution in [3.63, 3.8) is 0 Å². The quantitative estimate of drug-likeness (QED) is 0.139. The van der Waals surface area contributed by atoms with Crippen LogP contribution in [0.2, 0.25) is 0 Å². The number of hydrogen-bond acceptors (Lipinski definition) is 7. The minimum atomic E-state index is -0.415. The second-order valence-electron chi connectivity index (χ2n) is 9.32. The lowest BCUT2D eigenvalue weighted by molar-refractivity contribution is 0.0765. The Labute approximate surface area is 235 Å². The summed E-state index contributed by atoms with van der Waals surface area (Å²) in [5.41, 5.74) is 3.91. The maximum Gasteiger partial charge on any atom is 0.336 e. The van der Waals surface area contributed by atoms with Gasteiger partial charge in [-0.15, -0.1) is 0 Å². The van der Waals surface area contributed by atoms with Gasteiger partial charge in [-0.1, -0.05) is 60.7 Å². The Morgan fingerprint density at radius 2 is 0.927 bits per heavy atom. The molecule has 2 aromatic heterocycles. The van der Waals surface area contributed by atoms with Gasteiger partial charge >= 0.3 is 11.3 Å². The zero-order valence-electron chi connectivity index (χ0n) is 22.1. The molecule has 7 nitrogen and oxygen atoms in total. The Hall–Kier alpha value is -5.14. The predicted octanol–water partition coefficient (Wildman–Crippen LogP) is 6.71. The minimum absolute atomic E-state index is 0.302. The van der Waals surface area contributed by atoms with E-state index in [2.05, 4.69) is 0 Å². The summed E-state index contributed by atoms with van der Waals surface area (Å²) in [5, 5.41) is 1.67. The minimum Gasteiger partial charge on any atom is -0.491 e. The molecule has 0 unspecified atom stereocenters. The van der Waals surface area contributed by atoms with E-state index >= 15 is 0 Å². The van der Waals surface area contributed by atoms with Gasteiger partial charge in [-0.25, -0.2) is 9.59 Å². The van der Waals surface area contributed by atoms with Gasteiger partial charge in [0.15, 0.2) is 0 Å². The van der Waals surface area contributed by atoms with Crippen molar-refractivity contribution < 1.29 is 23.0 Å². The Morgan fingerprint density at radius 3 is 1.37 bits per heavy atom. The lowest BCUT2D eigenvalue weighted by atomic mass is 10.0. The topological polar surface area (TPSA) is 88.1 Å². The van der Waals surface area contributed by atoms with Gasteiger partial charge in [0.1, 0.15) is 35.9 Å². The molecule has 6 aromatic rings. The summed E-state index contributed by atoms with van der Waals surface area (Å²) in [6, 6.07) is 33.4. The highest BCUT2D eigenvalue weighted by Crippen LogP contribution is 2.33. The van der Waals surface area contributed by atoms with Gasteiger partial charge < -0.3 is 23.0 Å². The van der Waals surface area contributed by atoms with Crippen molar-refractivity contribution in [2.24, 2.45) is 0 Å². The molecule has 0 saturated heterocycles. The predicted molar refractivity (Wildman–Crippen MR) is 158 cm³/mol. The Morgan fingerprint density at radius 1 is 0.488 bits per heavy atom. The van der Waals surface area contributed by atoms with Crippen LogP contribution in [-0.4, -0.2) is 26.4 Å². The van der Waals surface area contributed by atoms with Crippen LogP contribution in [0.5, 0.6) is 11.5 Å².